The lowest BCUT2D eigenvalue weighted by Crippen LogP contribution is -2.23. The van der Waals surface area contributed by atoms with Gasteiger partial charge < -0.3 is 15.5 Å². The molecule has 5 heteroatoms. The highest BCUT2D eigenvalue weighted by Crippen LogP contribution is 2.25. The minimum absolute atomic E-state index is 0.151. The lowest BCUT2D eigenvalue weighted by Gasteiger charge is -2.16. The van der Waals surface area contributed by atoms with Gasteiger partial charge in [-0.2, -0.15) is 0 Å². The molecule has 3 aromatic carbocycles. The third-order valence-corrected chi connectivity index (χ3v) is 4.73. The maximum atomic E-state index is 12.8. The molecule has 0 radical (unpaired) electrons. The molecule has 0 unspecified atom stereocenters. The van der Waals surface area contributed by atoms with Crippen LogP contribution in [0.25, 0.3) is 0 Å². The molecule has 0 aliphatic carbocycles. The van der Waals surface area contributed by atoms with Crippen molar-refractivity contribution in [2.75, 3.05) is 22.1 Å². The monoisotopic (exact) mass is 371 g/mol. The van der Waals surface area contributed by atoms with Crippen molar-refractivity contribution in [1.29, 1.82) is 0 Å². The largest absolute Gasteiger partial charge is 0.355 e. The van der Waals surface area contributed by atoms with Gasteiger partial charge in [0.2, 0.25) is 5.91 Å². The Morgan fingerprint density at radius 3 is 2.25 bits per heavy atom. The molecule has 2 N–H and O–H groups in total. The van der Waals surface area contributed by atoms with E-state index in [1.54, 1.807) is 11.0 Å². The fourth-order valence-electron chi connectivity index (χ4n) is 3.31. The Morgan fingerprint density at radius 1 is 0.821 bits per heavy atom. The Balaban J connectivity index is 1.49. The summed E-state index contributed by atoms with van der Waals surface area (Å²) in [5.74, 6) is -0.0401. The highest BCUT2D eigenvalue weighted by Gasteiger charge is 2.21. The molecule has 1 heterocycles. The zero-order valence-corrected chi connectivity index (χ0v) is 15.4. The summed E-state index contributed by atoms with van der Waals surface area (Å²) in [4.78, 5) is 26.4. The third kappa shape index (κ3) is 3.88. The second-order valence-electron chi connectivity index (χ2n) is 6.69. The number of carbonyl (C=O) groups excluding carboxylic acids is 2. The molecule has 5 nitrogen and oxygen atoms in total. The van der Waals surface area contributed by atoms with Crippen molar-refractivity contribution in [1.82, 2.24) is 0 Å². The summed E-state index contributed by atoms with van der Waals surface area (Å²) in [5, 5.41) is 6.22. The van der Waals surface area contributed by atoms with Gasteiger partial charge in [0.05, 0.1) is 11.3 Å². The first kappa shape index (κ1) is 17.8. The summed E-state index contributed by atoms with van der Waals surface area (Å²) >= 11 is 0. The van der Waals surface area contributed by atoms with Gasteiger partial charge in [0.1, 0.15) is 0 Å². The Kier molecular flexibility index (Phi) is 5.06. The van der Waals surface area contributed by atoms with E-state index in [2.05, 4.69) is 10.6 Å². The highest BCUT2D eigenvalue weighted by molar-refractivity contribution is 6.08. The van der Waals surface area contributed by atoms with Crippen molar-refractivity contribution in [3.8, 4) is 0 Å². The van der Waals surface area contributed by atoms with Crippen molar-refractivity contribution >= 4 is 34.6 Å². The molecule has 1 fully saturated rings. The number of nitrogens with zero attached hydrogens (tertiary/aromatic N) is 1. The first-order valence-corrected chi connectivity index (χ1v) is 9.33. The van der Waals surface area contributed by atoms with E-state index in [0.717, 1.165) is 30.0 Å². The molecule has 0 aromatic heterocycles. The molecule has 28 heavy (non-hydrogen) atoms. The Morgan fingerprint density at radius 2 is 1.54 bits per heavy atom. The number of amides is 2. The first-order valence-electron chi connectivity index (χ1n) is 9.33. The molecule has 140 valence electrons. The summed E-state index contributed by atoms with van der Waals surface area (Å²) in [6.45, 7) is 0.753. The van der Waals surface area contributed by atoms with Crippen molar-refractivity contribution in [2.45, 2.75) is 12.8 Å². The molecule has 1 saturated heterocycles. The molecule has 4 rings (SSSR count). The maximum absolute atomic E-state index is 12.8. The number of carbonyl (C=O) groups is 2. The number of hydrogen-bond donors (Lipinski definition) is 2. The highest BCUT2D eigenvalue weighted by atomic mass is 16.2. The van der Waals surface area contributed by atoms with E-state index in [0.29, 0.717) is 17.7 Å². The number of hydrogen-bond acceptors (Lipinski definition) is 3. The number of benzene rings is 3. The summed E-state index contributed by atoms with van der Waals surface area (Å²) in [7, 11) is 0. The summed E-state index contributed by atoms with van der Waals surface area (Å²) < 4.78 is 0. The number of rotatable bonds is 5. The van der Waals surface area contributed by atoms with Crippen molar-refractivity contribution in [3.63, 3.8) is 0 Å². The van der Waals surface area contributed by atoms with Crippen LogP contribution in [0, 0.1) is 0 Å². The molecule has 1 aliphatic rings. The van der Waals surface area contributed by atoms with Crippen LogP contribution < -0.4 is 15.5 Å². The van der Waals surface area contributed by atoms with Gasteiger partial charge in [-0.1, -0.05) is 30.3 Å². The second kappa shape index (κ2) is 7.96. The predicted octanol–water partition coefficient (Wildman–Crippen LogP) is 4.81. The van der Waals surface area contributed by atoms with Crippen molar-refractivity contribution < 1.29 is 9.59 Å². The van der Waals surface area contributed by atoms with Crippen LogP contribution in [-0.2, 0) is 4.79 Å². The summed E-state index contributed by atoms with van der Waals surface area (Å²) in [5.41, 5.74) is 3.78. The summed E-state index contributed by atoms with van der Waals surface area (Å²) in [6, 6.07) is 24.5. The van der Waals surface area contributed by atoms with Gasteiger partial charge in [-0.15, -0.1) is 0 Å². The smallest absolute Gasteiger partial charge is 0.257 e. The van der Waals surface area contributed by atoms with E-state index in [1.807, 2.05) is 72.8 Å². The molecule has 0 atom stereocenters. The van der Waals surface area contributed by atoms with Crippen LogP contribution in [0.3, 0.4) is 0 Å². The van der Waals surface area contributed by atoms with Crippen LogP contribution in [0.1, 0.15) is 23.2 Å². The quantitative estimate of drug-likeness (QED) is 0.677. The average Bonchev–Trinajstić information content (AvgIpc) is 3.16. The SMILES string of the molecule is O=C(Nc1ccc(N2CCCC2=O)cc1)c1ccccc1Nc1ccccc1. The topological polar surface area (TPSA) is 61.4 Å². The molecule has 2 amide bonds. The molecular weight excluding hydrogens is 350 g/mol. The predicted molar refractivity (Wildman–Crippen MR) is 112 cm³/mol. The standard InChI is InChI=1S/C23H21N3O2/c27-22-11-6-16-26(22)19-14-12-18(13-15-19)25-23(28)20-9-4-5-10-21(20)24-17-7-2-1-3-8-17/h1-5,7-10,12-15,24H,6,11,16H2,(H,25,28). The van der Waals surface area contributed by atoms with E-state index < -0.39 is 0 Å². The number of para-hydroxylation sites is 2. The fraction of sp³-hybridized carbons (Fsp3) is 0.130. The van der Waals surface area contributed by atoms with E-state index in [9.17, 15) is 9.59 Å². The lowest BCUT2D eigenvalue weighted by molar-refractivity contribution is -0.117. The van der Waals surface area contributed by atoms with Crippen LogP contribution in [0.4, 0.5) is 22.7 Å². The average molecular weight is 371 g/mol. The van der Waals surface area contributed by atoms with Gasteiger partial charge in [-0.3, -0.25) is 9.59 Å². The number of nitrogens with one attached hydrogen (secondary N) is 2. The molecule has 0 bridgehead atoms. The zero-order chi connectivity index (χ0) is 19.3. The lowest BCUT2D eigenvalue weighted by atomic mass is 10.1. The Labute approximate surface area is 164 Å². The van der Waals surface area contributed by atoms with Gasteiger partial charge in [0.25, 0.3) is 5.91 Å². The van der Waals surface area contributed by atoms with E-state index in [4.69, 9.17) is 0 Å². The van der Waals surface area contributed by atoms with Gasteiger partial charge in [-0.25, -0.2) is 0 Å². The molecule has 1 aliphatic heterocycles. The minimum Gasteiger partial charge on any atom is -0.355 e. The van der Waals surface area contributed by atoms with Gasteiger partial charge in [-0.05, 0) is 55.0 Å². The first-order chi connectivity index (χ1) is 13.7. The Hall–Kier alpha value is -3.60. The maximum Gasteiger partial charge on any atom is 0.257 e. The van der Waals surface area contributed by atoms with Gasteiger partial charge >= 0.3 is 0 Å². The van der Waals surface area contributed by atoms with E-state index in [-0.39, 0.29) is 11.8 Å². The van der Waals surface area contributed by atoms with E-state index >= 15 is 0 Å². The van der Waals surface area contributed by atoms with Crippen LogP contribution in [0.15, 0.2) is 78.9 Å². The van der Waals surface area contributed by atoms with Gasteiger partial charge in [0, 0.05) is 30.0 Å². The van der Waals surface area contributed by atoms with Crippen molar-refractivity contribution in [2.24, 2.45) is 0 Å². The minimum atomic E-state index is -0.191. The fourth-order valence-corrected chi connectivity index (χ4v) is 3.31. The zero-order valence-electron chi connectivity index (χ0n) is 15.4. The normalized spacial score (nSPS) is 13.4. The van der Waals surface area contributed by atoms with Crippen LogP contribution in [-0.4, -0.2) is 18.4 Å². The molecule has 0 spiro atoms. The molecular formula is C23H21N3O2. The summed E-state index contributed by atoms with van der Waals surface area (Å²) in [6.07, 6.45) is 1.49. The molecule has 0 saturated carbocycles. The second-order valence-corrected chi connectivity index (χ2v) is 6.69. The van der Waals surface area contributed by atoms with Crippen molar-refractivity contribution in [3.05, 3.63) is 84.4 Å². The van der Waals surface area contributed by atoms with Crippen LogP contribution in [0.2, 0.25) is 0 Å². The van der Waals surface area contributed by atoms with Gasteiger partial charge in [0.15, 0.2) is 0 Å². The van der Waals surface area contributed by atoms with E-state index in [1.165, 1.54) is 0 Å². The van der Waals surface area contributed by atoms with Crippen LogP contribution in [0.5, 0.6) is 0 Å². The third-order valence-electron chi connectivity index (χ3n) is 4.73. The molecule has 3 aromatic rings. The number of anilines is 4. The van der Waals surface area contributed by atoms with Crippen LogP contribution >= 0.6 is 0 Å². The Bertz CT molecular complexity index is 984.